The van der Waals surface area contributed by atoms with Crippen LogP contribution in [-0.2, 0) is 0 Å². The predicted molar refractivity (Wildman–Crippen MR) is 49.1 cm³/mol. The van der Waals surface area contributed by atoms with Crippen molar-refractivity contribution >= 4 is 11.8 Å². The van der Waals surface area contributed by atoms with E-state index in [-0.39, 0.29) is 0 Å². The first kappa shape index (κ1) is 8.47. The van der Waals surface area contributed by atoms with Crippen LogP contribution in [0.25, 0.3) is 0 Å². The van der Waals surface area contributed by atoms with Gasteiger partial charge in [0.2, 0.25) is 0 Å². The third kappa shape index (κ3) is 2.85. The summed E-state index contributed by atoms with van der Waals surface area (Å²) < 4.78 is 0. The number of phenolic OH excluding ortho intramolecular Hbond substituents is 1. The highest BCUT2D eigenvalue weighted by atomic mass is 32.2. The van der Waals surface area contributed by atoms with Crippen LogP contribution in [0.2, 0.25) is 0 Å². The largest absolute Gasteiger partial charge is 0.508 e. The van der Waals surface area contributed by atoms with E-state index in [1.54, 1.807) is 23.9 Å². The van der Waals surface area contributed by atoms with E-state index in [1.165, 1.54) is 0 Å². The van der Waals surface area contributed by atoms with Crippen molar-refractivity contribution in [3.63, 3.8) is 0 Å². The summed E-state index contributed by atoms with van der Waals surface area (Å²) in [5.74, 6) is 0.343. The van der Waals surface area contributed by atoms with Crippen LogP contribution in [0.5, 0.6) is 5.75 Å². The van der Waals surface area contributed by atoms with E-state index in [9.17, 15) is 0 Å². The Labute approximate surface area is 71.4 Å². The Morgan fingerprint density at radius 2 is 2.09 bits per heavy atom. The maximum atomic E-state index is 9.11. The Kier molecular flexibility index (Phi) is 2.83. The molecule has 0 bridgehead atoms. The lowest BCUT2D eigenvalue weighted by atomic mass is 10.3. The van der Waals surface area contributed by atoms with Gasteiger partial charge in [-0.1, -0.05) is 19.9 Å². The van der Waals surface area contributed by atoms with E-state index >= 15 is 0 Å². The lowest BCUT2D eigenvalue weighted by molar-refractivity contribution is 0.474. The fourth-order valence-corrected chi connectivity index (χ4v) is 1.72. The van der Waals surface area contributed by atoms with Crippen molar-refractivity contribution < 1.29 is 5.11 Å². The third-order valence-electron chi connectivity index (χ3n) is 1.19. The van der Waals surface area contributed by atoms with Gasteiger partial charge in [-0.05, 0) is 18.2 Å². The molecular formula is C9H12OS. The van der Waals surface area contributed by atoms with Crippen LogP contribution in [0.15, 0.2) is 29.2 Å². The minimum absolute atomic E-state index is 0.343. The third-order valence-corrected chi connectivity index (χ3v) is 2.19. The highest BCUT2D eigenvalue weighted by molar-refractivity contribution is 7.99. The molecule has 0 radical (unpaired) electrons. The molecule has 0 saturated heterocycles. The first-order valence-electron chi connectivity index (χ1n) is 3.64. The fraction of sp³-hybridized carbons (Fsp3) is 0.333. The molecule has 0 aliphatic carbocycles. The van der Waals surface area contributed by atoms with Gasteiger partial charge in [0.1, 0.15) is 5.75 Å². The van der Waals surface area contributed by atoms with Crippen LogP contribution in [0.1, 0.15) is 13.8 Å². The molecular weight excluding hydrogens is 156 g/mol. The summed E-state index contributed by atoms with van der Waals surface area (Å²) >= 11 is 1.75. The van der Waals surface area contributed by atoms with Gasteiger partial charge in [0.15, 0.2) is 0 Å². The van der Waals surface area contributed by atoms with Gasteiger partial charge >= 0.3 is 0 Å². The van der Waals surface area contributed by atoms with Gasteiger partial charge in [0.25, 0.3) is 0 Å². The molecule has 0 spiro atoms. The van der Waals surface area contributed by atoms with Crippen molar-refractivity contribution in [3.8, 4) is 5.75 Å². The molecule has 0 heterocycles. The molecule has 60 valence electrons. The average molecular weight is 168 g/mol. The molecule has 0 saturated carbocycles. The molecule has 0 aliphatic rings. The molecule has 1 aromatic carbocycles. The summed E-state index contributed by atoms with van der Waals surface area (Å²) in [6.45, 7) is 4.27. The highest BCUT2D eigenvalue weighted by Gasteiger charge is 1.97. The minimum atomic E-state index is 0.343. The number of aromatic hydroxyl groups is 1. The van der Waals surface area contributed by atoms with E-state index in [1.807, 2.05) is 12.1 Å². The second-order valence-electron chi connectivity index (χ2n) is 2.66. The highest BCUT2D eigenvalue weighted by Crippen LogP contribution is 2.25. The summed E-state index contributed by atoms with van der Waals surface area (Å²) in [4.78, 5) is 1.13. The summed E-state index contributed by atoms with van der Waals surface area (Å²) in [7, 11) is 0. The quantitative estimate of drug-likeness (QED) is 0.685. The van der Waals surface area contributed by atoms with Crippen molar-refractivity contribution in [2.75, 3.05) is 0 Å². The molecule has 0 unspecified atom stereocenters. The molecule has 11 heavy (non-hydrogen) atoms. The lowest BCUT2D eigenvalue weighted by Crippen LogP contribution is -1.84. The van der Waals surface area contributed by atoms with Crippen LogP contribution in [-0.4, -0.2) is 10.4 Å². The van der Waals surface area contributed by atoms with E-state index in [0.29, 0.717) is 11.0 Å². The molecule has 0 amide bonds. The van der Waals surface area contributed by atoms with E-state index in [0.717, 1.165) is 4.90 Å². The summed E-state index contributed by atoms with van der Waals surface area (Å²) in [5, 5.41) is 9.68. The van der Waals surface area contributed by atoms with Gasteiger partial charge in [-0.2, -0.15) is 0 Å². The maximum absolute atomic E-state index is 9.11. The topological polar surface area (TPSA) is 20.2 Å². The Balaban J connectivity index is 2.71. The van der Waals surface area contributed by atoms with Crippen molar-refractivity contribution in [1.82, 2.24) is 0 Å². The molecule has 0 atom stereocenters. The van der Waals surface area contributed by atoms with Gasteiger partial charge in [0, 0.05) is 10.1 Å². The molecule has 0 fully saturated rings. The summed E-state index contributed by atoms with van der Waals surface area (Å²) in [6.07, 6.45) is 0. The van der Waals surface area contributed by atoms with Gasteiger partial charge in [-0.3, -0.25) is 0 Å². The average Bonchev–Trinajstić information content (AvgIpc) is 1.85. The van der Waals surface area contributed by atoms with Gasteiger partial charge in [-0.25, -0.2) is 0 Å². The summed E-state index contributed by atoms with van der Waals surface area (Å²) in [6, 6.07) is 7.33. The molecule has 2 heteroatoms. The van der Waals surface area contributed by atoms with Gasteiger partial charge < -0.3 is 5.11 Å². The molecule has 1 rings (SSSR count). The van der Waals surface area contributed by atoms with Crippen LogP contribution in [0, 0.1) is 0 Å². The molecule has 1 aromatic rings. The number of rotatable bonds is 2. The summed E-state index contributed by atoms with van der Waals surface area (Å²) in [5.41, 5.74) is 0. The molecule has 1 nitrogen and oxygen atoms in total. The van der Waals surface area contributed by atoms with Crippen molar-refractivity contribution in [3.05, 3.63) is 24.3 Å². The SMILES string of the molecule is CC(C)Sc1cccc(O)c1. The molecule has 0 aromatic heterocycles. The number of benzene rings is 1. The Morgan fingerprint density at radius 1 is 1.36 bits per heavy atom. The number of hydrogen-bond donors (Lipinski definition) is 1. The predicted octanol–water partition coefficient (Wildman–Crippen LogP) is 2.89. The van der Waals surface area contributed by atoms with Crippen molar-refractivity contribution in [2.24, 2.45) is 0 Å². The van der Waals surface area contributed by atoms with Gasteiger partial charge in [0.05, 0.1) is 0 Å². The fourth-order valence-electron chi connectivity index (χ4n) is 0.829. The zero-order valence-corrected chi connectivity index (χ0v) is 7.56. The van der Waals surface area contributed by atoms with Crippen molar-refractivity contribution in [1.29, 1.82) is 0 Å². The van der Waals surface area contributed by atoms with Crippen LogP contribution in [0.3, 0.4) is 0 Å². The van der Waals surface area contributed by atoms with Crippen molar-refractivity contribution in [2.45, 2.75) is 24.0 Å². The zero-order valence-electron chi connectivity index (χ0n) is 6.74. The Morgan fingerprint density at radius 3 is 2.64 bits per heavy atom. The first-order chi connectivity index (χ1) is 5.18. The van der Waals surface area contributed by atoms with E-state index in [4.69, 9.17) is 5.11 Å². The standard InChI is InChI=1S/C9H12OS/c1-7(2)11-9-5-3-4-8(10)6-9/h3-7,10H,1-2H3. The first-order valence-corrected chi connectivity index (χ1v) is 4.52. The normalized spacial score (nSPS) is 10.5. The van der Waals surface area contributed by atoms with E-state index < -0.39 is 0 Å². The number of thioether (sulfide) groups is 1. The minimum Gasteiger partial charge on any atom is -0.508 e. The number of phenols is 1. The van der Waals surface area contributed by atoms with E-state index in [2.05, 4.69) is 13.8 Å². The Bertz CT molecular complexity index is 233. The molecule has 1 N–H and O–H groups in total. The monoisotopic (exact) mass is 168 g/mol. The Hall–Kier alpha value is -0.630. The number of hydrogen-bond acceptors (Lipinski definition) is 2. The maximum Gasteiger partial charge on any atom is 0.116 e. The van der Waals surface area contributed by atoms with Crippen LogP contribution < -0.4 is 0 Å². The van der Waals surface area contributed by atoms with Crippen LogP contribution >= 0.6 is 11.8 Å². The molecule has 0 aliphatic heterocycles. The van der Waals surface area contributed by atoms with Crippen LogP contribution in [0.4, 0.5) is 0 Å². The second kappa shape index (κ2) is 3.67. The lowest BCUT2D eigenvalue weighted by Gasteiger charge is -2.03. The van der Waals surface area contributed by atoms with Gasteiger partial charge in [-0.15, -0.1) is 11.8 Å². The smallest absolute Gasteiger partial charge is 0.116 e. The zero-order chi connectivity index (χ0) is 8.27. The second-order valence-corrected chi connectivity index (χ2v) is 4.31.